The SMILES string of the molecule is CCOC(=O)N1c2cc(C(F)(F)F)ccc2[C@H](CC(=O)c2cc(C(F)(F)F)cc(C(F)(F)F)c2)[C@H]1CC. The summed E-state index contributed by atoms with van der Waals surface area (Å²) in [5.74, 6) is -2.11. The lowest BCUT2D eigenvalue weighted by atomic mass is 9.86. The van der Waals surface area contributed by atoms with Gasteiger partial charge in [0.1, 0.15) is 0 Å². The largest absolute Gasteiger partial charge is 0.449 e. The van der Waals surface area contributed by atoms with Crippen molar-refractivity contribution in [3.8, 4) is 0 Å². The highest BCUT2D eigenvalue weighted by Gasteiger charge is 2.45. The van der Waals surface area contributed by atoms with Crippen molar-refractivity contribution in [2.24, 2.45) is 0 Å². The lowest BCUT2D eigenvalue weighted by molar-refractivity contribution is -0.143. The van der Waals surface area contributed by atoms with Crippen LogP contribution in [0.25, 0.3) is 0 Å². The van der Waals surface area contributed by atoms with E-state index in [1.807, 2.05) is 0 Å². The summed E-state index contributed by atoms with van der Waals surface area (Å²) in [5, 5.41) is 0. The predicted octanol–water partition coefficient (Wildman–Crippen LogP) is 7.85. The van der Waals surface area contributed by atoms with E-state index in [2.05, 4.69) is 0 Å². The number of rotatable bonds is 5. The molecule has 0 fully saturated rings. The van der Waals surface area contributed by atoms with E-state index in [9.17, 15) is 49.1 Å². The van der Waals surface area contributed by atoms with Crippen molar-refractivity contribution in [1.82, 2.24) is 0 Å². The molecule has 0 unspecified atom stereocenters. The number of halogens is 9. The highest BCUT2D eigenvalue weighted by atomic mass is 19.4. The van der Waals surface area contributed by atoms with Gasteiger partial charge in [0.15, 0.2) is 5.78 Å². The first-order chi connectivity index (χ1) is 17.0. The van der Waals surface area contributed by atoms with Gasteiger partial charge in [-0.15, -0.1) is 0 Å². The maximum absolute atomic E-state index is 13.3. The van der Waals surface area contributed by atoms with E-state index in [1.165, 1.54) is 6.92 Å². The van der Waals surface area contributed by atoms with Crippen molar-refractivity contribution in [2.45, 2.75) is 57.2 Å². The molecule has 13 heteroatoms. The molecule has 2 aromatic carbocycles. The Morgan fingerprint density at radius 3 is 1.81 bits per heavy atom. The van der Waals surface area contributed by atoms with E-state index in [4.69, 9.17) is 4.74 Å². The normalized spacial score (nSPS) is 18.1. The summed E-state index contributed by atoms with van der Waals surface area (Å²) in [5.41, 5.74) is -5.38. The highest BCUT2D eigenvalue weighted by Crippen LogP contribution is 2.47. The molecule has 2 aromatic rings. The second-order valence-corrected chi connectivity index (χ2v) is 8.34. The number of alkyl halides is 9. The Balaban J connectivity index is 2.09. The summed E-state index contributed by atoms with van der Waals surface area (Å²) < 4.78 is 124. The Morgan fingerprint density at radius 2 is 1.35 bits per heavy atom. The molecule has 4 nitrogen and oxygen atoms in total. The van der Waals surface area contributed by atoms with Crippen LogP contribution in [0.1, 0.15) is 65.2 Å². The fourth-order valence-corrected chi connectivity index (χ4v) is 4.38. The van der Waals surface area contributed by atoms with E-state index >= 15 is 0 Å². The molecule has 0 N–H and O–H groups in total. The Hall–Kier alpha value is -3.25. The van der Waals surface area contributed by atoms with Crippen LogP contribution in [-0.2, 0) is 23.3 Å². The number of hydrogen-bond donors (Lipinski definition) is 0. The molecule has 1 aliphatic rings. The zero-order valence-electron chi connectivity index (χ0n) is 19.3. The van der Waals surface area contributed by atoms with Crippen molar-refractivity contribution in [3.05, 3.63) is 64.2 Å². The molecule has 1 aliphatic heterocycles. The van der Waals surface area contributed by atoms with E-state index in [0.717, 1.165) is 17.0 Å². The Kier molecular flexibility index (Phi) is 7.58. The van der Waals surface area contributed by atoms with Gasteiger partial charge in [-0.05, 0) is 49.2 Å². The van der Waals surface area contributed by atoms with E-state index in [-0.39, 0.29) is 30.3 Å². The number of ketones is 1. The average Bonchev–Trinajstić information content (AvgIpc) is 3.09. The number of nitrogens with zero attached hydrogens (tertiary/aromatic N) is 1. The van der Waals surface area contributed by atoms with E-state index < -0.39 is 71.0 Å². The lowest BCUT2D eigenvalue weighted by Gasteiger charge is -2.27. The molecule has 0 saturated heterocycles. The first-order valence-corrected chi connectivity index (χ1v) is 11.0. The number of benzene rings is 2. The number of ether oxygens (including phenoxy) is 1. The number of amides is 1. The molecule has 0 saturated carbocycles. The minimum Gasteiger partial charge on any atom is -0.449 e. The molecule has 0 aromatic heterocycles. The van der Waals surface area contributed by atoms with Gasteiger partial charge < -0.3 is 4.74 Å². The monoisotopic (exact) mass is 541 g/mol. The third kappa shape index (κ3) is 5.85. The van der Waals surface area contributed by atoms with Crippen molar-refractivity contribution in [1.29, 1.82) is 0 Å². The molecule has 1 heterocycles. The smallest absolute Gasteiger partial charge is 0.416 e. The van der Waals surface area contributed by atoms with Crippen LogP contribution in [0.4, 0.5) is 50.0 Å². The van der Waals surface area contributed by atoms with Gasteiger partial charge in [-0.2, -0.15) is 39.5 Å². The minimum atomic E-state index is -5.17. The second kappa shape index (κ2) is 9.90. The molecular formula is C24H20F9NO3. The number of fused-ring (bicyclic) bond motifs is 1. The number of hydrogen-bond acceptors (Lipinski definition) is 3. The first kappa shape index (κ1) is 28.3. The Bertz CT molecular complexity index is 1150. The molecule has 1 amide bonds. The van der Waals surface area contributed by atoms with Crippen LogP contribution >= 0.6 is 0 Å². The van der Waals surface area contributed by atoms with E-state index in [0.29, 0.717) is 18.2 Å². The third-order valence-corrected chi connectivity index (χ3v) is 6.01. The molecule has 0 radical (unpaired) electrons. The van der Waals surface area contributed by atoms with Gasteiger partial charge in [-0.3, -0.25) is 9.69 Å². The van der Waals surface area contributed by atoms with Crippen LogP contribution in [0.15, 0.2) is 36.4 Å². The molecular weight excluding hydrogens is 521 g/mol. The zero-order chi connectivity index (χ0) is 27.9. The number of Topliss-reactive ketones (excluding diaryl/α,β-unsaturated/α-hetero) is 1. The Morgan fingerprint density at radius 1 is 0.811 bits per heavy atom. The standard InChI is InChI=1S/C24H20F9NO3/c1-3-18-17(11-20(35)12-7-14(23(28,29)30)9-15(8-12)24(31,32)33)16-6-5-13(22(25,26)27)10-19(16)34(18)21(36)37-4-2/h5-10,17-18H,3-4,11H2,1-2H3/t17-,18+/m0/s1. The summed E-state index contributed by atoms with van der Waals surface area (Å²) in [7, 11) is 0. The summed E-state index contributed by atoms with van der Waals surface area (Å²) in [6.45, 7) is 2.92. The van der Waals surface area contributed by atoms with Crippen molar-refractivity contribution in [2.75, 3.05) is 11.5 Å². The van der Waals surface area contributed by atoms with Crippen LogP contribution in [-0.4, -0.2) is 24.5 Å². The summed E-state index contributed by atoms with van der Waals surface area (Å²) in [4.78, 5) is 26.6. The van der Waals surface area contributed by atoms with Gasteiger partial charge in [0.05, 0.1) is 29.0 Å². The molecule has 0 aliphatic carbocycles. The van der Waals surface area contributed by atoms with Crippen LogP contribution in [0.5, 0.6) is 0 Å². The highest BCUT2D eigenvalue weighted by molar-refractivity contribution is 5.99. The van der Waals surface area contributed by atoms with Gasteiger partial charge in [0.2, 0.25) is 0 Å². The number of anilines is 1. The van der Waals surface area contributed by atoms with Gasteiger partial charge in [0.25, 0.3) is 0 Å². The maximum atomic E-state index is 13.3. The number of carbonyl (C=O) groups is 2. The van der Waals surface area contributed by atoms with Crippen LogP contribution in [0.3, 0.4) is 0 Å². The molecule has 3 rings (SSSR count). The summed E-state index contributed by atoms with van der Waals surface area (Å²) in [6.07, 6.45) is -16.7. The first-order valence-electron chi connectivity index (χ1n) is 11.0. The van der Waals surface area contributed by atoms with Gasteiger partial charge >= 0.3 is 24.6 Å². The minimum absolute atomic E-state index is 0.100. The van der Waals surface area contributed by atoms with Crippen molar-refractivity contribution in [3.63, 3.8) is 0 Å². The maximum Gasteiger partial charge on any atom is 0.416 e. The fourth-order valence-electron chi connectivity index (χ4n) is 4.38. The van der Waals surface area contributed by atoms with Crippen LogP contribution < -0.4 is 4.90 Å². The predicted molar refractivity (Wildman–Crippen MR) is 113 cm³/mol. The second-order valence-electron chi connectivity index (χ2n) is 8.34. The topological polar surface area (TPSA) is 46.6 Å². The lowest BCUT2D eigenvalue weighted by Crippen LogP contribution is -2.39. The number of carbonyl (C=O) groups excluding carboxylic acids is 2. The zero-order valence-corrected chi connectivity index (χ0v) is 19.3. The molecule has 0 bridgehead atoms. The van der Waals surface area contributed by atoms with Gasteiger partial charge in [0, 0.05) is 23.9 Å². The average molecular weight is 541 g/mol. The molecule has 37 heavy (non-hydrogen) atoms. The quantitative estimate of drug-likeness (QED) is 0.286. The third-order valence-electron chi connectivity index (χ3n) is 6.01. The van der Waals surface area contributed by atoms with Gasteiger partial charge in [-0.1, -0.05) is 13.0 Å². The van der Waals surface area contributed by atoms with E-state index in [1.54, 1.807) is 6.92 Å². The van der Waals surface area contributed by atoms with Crippen molar-refractivity contribution >= 4 is 17.6 Å². The fraction of sp³-hybridized carbons (Fsp3) is 0.417. The molecule has 0 spiro atoms. The van der Waals surface area contributed by atoms with Gasteiger partial charge in [-0.25, -0.2) is 4.79 Å². The van der Waals surface area contributed by atoms with Crippen LogP contribution in [0.2, 0.25) is 0 Å². The molecule has 2 atom stereocenters. The van der Waals surface area contributed by atoms with Crippen LogP contribution in [0, 0.1) is 0 Å². The van der Waals surface area contributed by atoms with Crippen molar-refractivity contribution < 1.29 is 53.8 Å². The molecule has 202 valence electrons. The summed E-state index contributed by atoms with van der Waals surface area (Å²) >= 11 is 0. The Labute approximate surface area is 205 Å². The summed E-state index contributed by atoms with van der Waals surface area (Å²) in [6, 6.07) is 2.02.